The molecule has 2 aliphatic rings. The van der Waals surface area contributed by atoms with Crippen LogP contribution in [0.3, 0.4) is 0 Å². The van der Waals surface area contributed by atoms with Crippen molar-refractivity contribution < 1.29 is 0 Å². The maximum Gasteiger partial charge on any atom is -0.0267 e. The third-order valence-corrected chi connectivity index (χ3v) is 4.72. The van der Waals surface area contributed by atoms with E-state index in [9.17, 15) is 0 Å². The molecule has 0 heteroatoms. The highest BCUT2D eigenvalue weighted by Crippen LogP contribution is 2.57. The highest BCUT2D eigenvalue weighted by molar-refractivity contribution is 4.97. The number of hydrogen-bond acceptors (Lipinski definition) is 0. The van der Waals surface area contributed by atoms with Gasteiger partial charge in [0.25, 0.3) is 0 Å². The molecule has 0 heterocycles. The Bertz CT molecular complexity index is 186. The van der Waals surface area contributed by atoms with E-state index in [1.54, 1.807) is 0 Å². The van der Waals surface area contributed by atoms with Crippen LogP contribution in [0.1, 0.15) is 65.7 Å². The molecular weight excluding hydrogens is 156 g/mol. The Kier molecular flexibility index (Phi) is 2.20. The summed E-state index contributed by atoms with van der Waals surface area (Å²) in [6, 6.07) is 0. The van der Waals surface area contributed by atoms with E-state index >= 15 is 0 Å². The van der Waals surface area contributed by atoms with Gasteiger partial charge in [-0.05, 0) is 42.4 Å². The highest BCUT2D eigenvalue weighted by atomic mass is 14.5. The fraction of sp³-hybridized carbons (Fsp3) is 1.00. The molecule has 0 radical (unpaired) electrons. The summed E-state index contributed by atoms with van der Waals surface area (Å²) in [5.74, 6) is 1.00. The lowest BCUT2D eigenvalue weighted by atomic mass is 9.56. The van der Waals surface area contributed by atoms with E-state index in [4.69, 9.17) is 0 Å². The van der Waals surface area contributed by atoms with Gasteiger partial charge in [-0.25, -0.2) is 0 Å². The lowest BCUT2D eigenvalue weighted by Gasteiger charge is -2.49. The van der Waals surface area contributed by atoms with E-state index in [-0.39, 0.29) is 0 Å². The van der Waals surface area contributed by atoms with Crippen LogP contribution in [0.2, 0.25) is 0 Å². The topological polar surface area (TPSA) is 0 Å². The predicted octanol–water partition coefficient (Wildman–Crippen LogP) is 4.39. The Balaban J connectivity index is 2.14. The van der Waals surface area contributed by atoms with Crippen LogP contribution in [-0.4, -0.2) is 0 Å². The average molecular weight is 180 g/mol. The molecule has 2 rings (SSSR count). The Morgan fingerprint density at radius 1 is 1.00 bits per heavy atom. The first-order valence-corrected chi connectivity index (χ1v) is 6.04. The summed E-state index contributed by atoms with van der Waals surface area (Å²) in [5.41, 5.74) is 1.41. The Hall–Kier alpha value is 0. The minimum Gasteiger partial charge on any atom is -0.0620 e. The van der Waals surface area contributed by atoms with Crippen molar-refractivity contribution in [3.63, 3.8) is 0 Å². The van der Waals surface area contributed by atoms with Crippen LogP contribution in [0.5, 0.6) is 0 Å². The monoisotopic (exact) mass is 180 g/mol. The number of hydrogen-bond donors (Lipinski definition) is 0. The summed E-state index contributed by atoms with van der Waals surface area (Å²) in [4.78, 5) is 0. The lowest BCUT2D eigenvalue weighted by Crippen LogP contribution is -2.38. The van der Waals surface area contributed by atoms with Crippen molar-refractivity contribution in [2.45, 2.75) is 65.7 Å². The Morgan fingerprint density at radius 2 is 1.69 bits per heavy atom. The molecule has 2 aliphatic carbocycles. The molecule has 1 unspecified atom stereocenters. The normalized spacial score (nSPS) is 36.7. The van der Waals surface area contributed by atoms with Gasteiger partial charge >= 0.3 is 0 Å². The molecule has 0 amide bonds. The largest absolute Gasteiger partial charge is 0.0620 e. The first kappa shape index (κ1) is 9.55. The summed E-state index contributed by atoms with van der Waals surface area (Å²) in [6.45, 7) is 7.46. The second kappa shape index (κ2) is 3.00. The molecule has 2 fully saturated rings. The van der Waals surface area contributed by atoms with Crippen LogP contribution in [0.25, 0.3) is 0 Å². The molecule has 0 aromatic heterocycles. The van der Waals surface area contributed by atoms with E-state index < -0.39 is 0 Å². The Labute approximate surface area is 83.1 Å². The molecule has 0 N–H and O–H groups in total. The van der Waals surface area contributed by atoms with Crippen molar-refractivity contribution in [3.05, 3.63) is 0 Å². The first-order valence-electron chi connectivity index (χ1n) is 6.04. The minimum atomic E-state index is 0.630. The molecule has 0 saturated heterocycles. The zero-order valence-corrected chi connectivity index (χ0v) is 9.53. The van der Waals surface area contributed by atoms with Gasteiger partial charge in [-0.2, -0.15) is 0 Å². The van der Waals surface area contributed by atoms with Gasteiger partial charge in [-0.15, -0.1) is 0 Å². The van der Waals surface area contributed by atoms with Crippen LogP contribution in [0.15, 0.2) is 0 Å². The molecule has 1 atom stereocenters. The molecule has 0 nitrogen and oxygen atoms in total. The molecule has 13 heavy (non-hydrogen) atoms. The molecule has 76 valence electrons. The van der Waals surface area contributed by atoms with Crippen LogP contribution in [-0.2, 0) is 0 Å². The molecule has 0 bridgehead atoms. The summed E-state index contributed by atoms with van der Waals surface area (Å²) in [6.07, 6.45) is 10.5. The van der Waals surface area contributed by atoms with Crippen molar-refractivity contribution in [2.24, 2.45) is 16.7 Å². The van der Waals surface area contributed by atoms with Gasteiger partial charge in [0.2, 0.25) is 0 Å². The predicted molar refractivity (Wildman–Crippen MR) is 57.7 cm³/mol. The van der Waals surface area contributed by atoms with Crippen molar-refractivity contribution in [1.82, 2.24) is 0 Å². The third-order valence-electron chi connectivity index (χ3n) is 4.72. The van der Waals surface area contributed by atoms with E-state index in [1.165, 1.54) is 44.9 Å². The fourth-order valence-corrected chi connectivity index (χ4v) is 3.71. The number of rotatable bonds is 0. The first-order chi connectivity index (χ1) is 6.04. The summed E-state index contributed by atoms with van der Waals surface area (Å²) in [7, 11) is 0. The van der Waals surface area contributed by atoms with E-state index in [1.807, 2.05) is 0 Å². The quantitative estimate of drug-likeness (QED) is 0.518. The van der Waals surface area contributed by atoms with Gasteiger partial charge in [-0.3, -0.25) is 0 Å². The molecular formula is C13H24. The zero-order valence-electron chi connectivity index (χ0n) is 9.53. The van der Waals surface area contributed by atoms with E-state index in [2.05, 4.69) is 20.8 Å². The summed E-state index contributed by atoms with van der Waals surface area (Å²) in [5, 5.41) is 0. The van der Waals surface area contributed by atoms with Crippen LogP contribution in [0, 0.1) is 16.7 Å². The van der Waals surface area contributed by atoms with Gasteiger partial charge in [-0.1, -0.05) is 40.0 Å². The van der Waals surface area contributed by atoms with E-state index in [0.717, 1.165) is 11.3 Å². The van der Waals surface area contributed by atoms with Crippen molar-refractivity contribution in [2.75, 3.05) is 0 Å². The average Bonchev–Trinajstić information content (AvgIpc) is 2.06. The lowest BCUT2D eigenvalue weighted by molar-refractivity contribution is 0.0190. The van der Waals surface area contributed by atoms with Crippen LogP contribution in [0.4, 0.5) is 0 Å². The second-order valence-corrected chi connectivity index (χ2v) is 6.35. The molecule has 0 aliphatic heterocycles. The third kappa shape index (κ3) is 1.65. The van der Waals surface area contributed by atoms with Gasteiger partial charge in [0.05, 0.1) is 0 Å². The second-order valence-electron chi connectivity index (χ2n) is 6.35. The zero-order chi connectivity index (χ0) is 9.53. The molecule has 2 saturated carbocycles. The smallest absolute Gasteiger partial charge is 0.0267 e. The summed E-state index contributed by atoms with van der Waals surface area (Å²) >= 11 is 0. The van der Waals surface area contributed by atoms with Crippen LogP contribution >= 0.6 is 0 Å². The minimum absolute atomic E-state index is 0.630. The highest BCUT2D eigenvalue weighted by Gasteiger charge is 2.46. The fourth-order valence-electron chi connectivity index (χ4n) is 3.71. The van der Waals surface area contributed by atoms with Crippen molar-refractivity contribution >= 4 is 0 Å². The van der Waals surface area contributed by atoms with Crippen LogP contribution < -0.4 is 0 Å². The maximum atomic E-state index is 2.50. The SMILES string of the molecule is CC1CCCC(C)(C)CC12CCC2. The van der Waals surface area contributed by atoms with Gasteiger partial charge < -0.3 is 0 Å². The van der Waals surface area contributed by atoms with E-state index in [0.29, 0.717) is 5.41 Å². The van der Waals surface area contributed by atoms with Crippen molar-refractivity contribution in [1.29, 1.82) is 0 Å². The van der Waals surface area contributed by atoms with Gasteiger partial charge in [0.15, 0.2) is 0 Å². The molecule has 1 spiro atoms. The summed E-state index contributed by atoms with van der Waals surface area (Å²) < 4.78 is 0. The molecule has 0 aromatic rings. The maximum absolute atomic E-state index is 2.50. The van der Waals surface area contributed by atoms with Gasteiger partial charge in [0.1, 0.15) is 0 Å². The van der Waals surface area contributed by atoms with Crippen molar-refractivity contribution in [3.8, 4) is 0 Å². The van der Waals surface area contributed by atoms with Gasteiger partial charge in [0, 0.05) is 0 Å². The molecule has 0 aromatic carbocycles. The Morgan fingerprint density at radius 3 is 2.23 bits per heavy atom. The standard InChI is InChI=1S/C13H24/c1-11-6-4-7-12(2,3)10-13(11)8-5-9-13/h11H,4-10H2,1-3H3.